The van der Waals surface area contributed by atoms with Gasteiger partial charge in [0.1, 0.15) is 0 Å². The van der Waals surface area contributed by atoms with Crippen molar-refractivity contribution >= 4 is 11.8 Å². The van der Waals surface area contributed by atoms with E-state index in [0.717, 1.165) is 25.7 Å². The molecule has 1 amide bonds. The minimum absolute atomic E-state index is 0.0469. The van der Waals surface area contributed by atoms with Crippen LogP contribution in [0.3, 0.4) is 0 Å². The van der Waals surface area contributed by atoms with Crippen LogP contribution < -0.4 is 5.32 Å². The molecule has 1 unspecified atom stereocenters. The Morgan fingerprint density at radius 3 is 2.59 bits per heavy atom. The third-order valence-corrected chi connectivity index (χ3v) is 3.64. The van der Waals surface area contributed by atoms with Gasteiger partial charge in [0.25, 0.3) is 5.69 Å². The lowest BCUT2D eigenvalue weighted by Crippen LogP contribution is -2.35. The number of para-hydroxylation sites is 1. The van der Waals surface area contributed by atoms with Gasteiger partial charge in [-0.15, -0.1) is 0 Å². The molecule has 0 fully saturated rings. The first kappa shape index (κ1) is 17.9. The van der Waals surface area contributed by atoms with Crippen LogP contribution in [0.15, 0.2) is 24.3 Å². The fourth-order valence-corrected chi connectivity index (χ4v) is 2.52. The van der Waals surface area contributed by atoms with Crippen molar-refractivity contribution in [2.75, 3.05) is 0 Å². The number of benzene rings is 1. The SMILES string of the molecule is CCCCCCCC(Cc1ccccc1[N+](=O)[O-])NC(=O)O. The van der Waals surface area contributed by atoms with Gasteiger partial charge in [-0.3, -0.25) is 10.1 Å². The number of nitrogens with zero attached hydrogens (tertiary/aromatic N) is 1. The first-order valence-corrected chi connectivity index (χ1v) is 7.76. The van der Waals surface area contributed by atoms with E-state index in [1.165, 1.54) is 12.5 Å². The highest BCUT2D eigenvalue weighted by atomic mass is 16.6. The molecule has 122 valence electrons. The van der Waals surface area contributed by atoms with Crippen LogP contribution >= 0.6 is 0 Å². The summed E-state index contributed by atoms with van der Waals surface area (Å²) in [4.78, 5) is 21.5. The average molecular weight is 308 g/mol. The average Bonchev–Trinajstić information content (AvgIpc) is 2.46. The van der Waals surface area contributed by atoms with E-state index in [1.807, 2.05) is 0 Å². The van der Waals surface area contributed by atoms with Gasteiger partial charge in [-0.05, 0) is 12.8 Å². The van der Waals surface area contributed by atoms with Gasteiger partial charge in [-0.1, -0.05) is 57.2 Å². The molecule has 0 aliphatic carbocycles. The van der Waals surface area contributed by atoms with E-state index >= 15 is 0 Å². The summed E-state index contributed by atoms with van der Waals surface area (Å²) >= 11 is 0. The first-order chi connectivity index (χ1) is 10.5. The highest BCUT2D eigenvalue weighted by molar-refractivity contribution is 5.65. The molecule has 0 saturated carbocycles. The number of nitro benzene ring substituents is 1. The van der Waals surface area contributed by atoms with Gasteiger partial charge in [0.05, 0.1) is 4.92 Å². The molecule has 2 N–H and O–H groups in total. The number of hydrogen-bond acceptors (Lipinski definition) is 3. The molecule has 0 aromatic heterocycles. The van der Waals surface area contributed by atoms with Crippen LogP contribution in [0.1, 0.15) is 51.0 Å². The van der Waals surface area contributed by atoms with E-state index in [4.69, 9.17) is 5.11 Å². The van der Waals surface area contributed by atoms with E-state index in [2.05, 4.69) is 12.2 Å². The zero-order chi connectivity index (χ0) is 16.4. The van der Waals surface area contributed by atoms with Gasteiger partial charge < -0.3 is 10.4 Å². The van der Waals surface area contributed by atoms with Crippen molar-refractivity contribution in [1.82, 2.24) is 5.32 Å². The molecule has 1 aromatic carbocycles. The van der Waals surface area contributed by atoms with Gasteiger partial charge in [-0.2, -0.15) is 0 Å². The molecule has 1 aromatic rings. The standard InChI is InChI=1S/C16H24N2O4/c1-2-3-4-5-6-10-14(17-16(19)20)12-13-9-7-8-11-15(13)18(21)22/h7-9,11,14,17H,2-6,10,12H2,1H3,(H,19,20). The Morgan fingerprint density at radius 1 is 1.27 bits per heavy atom. The fourth-order valence-electron chi connectivity index (χ4n) is 2.52. The summed E-state index contributed by atoms with van der Waals surface area (Å²) in [6.07, 6.45) is 5.42. The molecule has 6 heteroatoms. The second kappa shape index (κ2) is 9.76. The van der Waals surface area contributed by atoms with E-state index in [0.29, 0.717) is 18.4 Å². The Kier molecular flexibility index (Phi) is 7.96. The predicted octanol–water partition coefficient (Wildman–Crippen LogP) is 4.13. The molecule has 6 nitrogen and oxygen atoms in total. The summed E-state index contributed by atoms with van der Waals surface area (Å²) in [6.45, 7) is 2.14. The normalized spacial score (nSPS) is 11.9. The molecule has 0 saturated heterocycles. The lowest BCUT2D eigenvalue weighted by Gasteiger charge is -2.17. The Balaban J connectivity index is 2.64. The minimum atomic E-state index is -1.09. The van der Waals surface area contributed by atoms with Gasteiger partial charge >= 0.3 is 6.09 Å². The van der Waals surface area contributed by atoms with Crippen molar-refractivity contribution in [3.63, 3.8) is 0 Å². The number of carboxylic acid groups (broad SMARTS) is 1. The highest BCUT2D eigenvalue weighted by Gasteiger charge is 2.18. The molecule has 1 rings (SSSR count). The monoisotopic (exact) mass is 308 g/mol. The molecule has 0 aliphatic heterocycles. The Labute approximate surface area is 130 Å². The van der Waals surface area contributed by atoms with Crippen molar-refractivity contribution in [2.45, 2.75) is 57.9 Å². The first-order valence-electron chi connectivity index (χ1n) is 7.76. The van der Waals surface area contributed by atoms with E-state index in [-0.39, 0.29) is 11.7 Å². The summed E-state index contributed by atoms with van der Waals surface area (Å²) in [5, 5.41) is 22.4. The highest BCUT2D eigenvalue weighted by Crippen LogP contribution is 2.21. The number of amides is 1. The van der Waals surface area contributed by atoms with Crippen LogP contribution in [0.25, 0.3) is 0 Å². The maximum atomic E-state index is 11.0. The summed E-state index contributed by atoms with van der Waals surface area (Å²) in [5.74, 6) is 0. The number of nitrogens with one attached hydrogen (secondary N) is 1. The van der Waals surface area contributed by atoms with Gasteiger partial charge in [0, 0.05) is 17.7 Å². The molecular formula is C16H24N2O4. The zero-order valence-corrected chi connectivity index (χ0v) is 13.0. The van der Waals surface area contributed by atoms with E-state index in [1.54, 1.807) is 18.2 Å². The van der Waals surface area contributed by atoms with Crippen LogP contribution in [0.5, 0.6) is 0 Å². The van der Waals surface area contributed by atoms with Gasteiger partial charge in [0.2, 0.25) is 0 Å². The Bertz CT molecular complexity index is 491. The number of nitro groups is 1. The molecular weight excluding hydrogens is 284 g/mol. The quantitative estimate of drug-likeness (QED) is 0.386. The molecule has 0 radical (unpaired) electrons. The summed E-state index contributed by atoms with van der Waals surface area (Å²) in [5.41, 5.74) is 0.616. The fraction of sp³-hybridized carbons (Fsp3) is 0.562. The molecule has 0 bridgehead atoms. The van der Waals surface area contributed by atoms with Gasteiger partial charge in [-0.25, -0.2) is 4.79 Å². The van der Waals surface area contributed by atoms with E-state index < -0.39 is 11.0 Å². The second-order valence-corrected chi connectivity index (χ2v) is 5.44. The lowest BCUT2D eigenvalue weighted by molar-refractivity contribution is -0.385. The molecule has 0 heterocycles. The summed E-state index contributed by atoms with van der Waals surface area (Å²) in [7, 11) is 0. The number of unbranched alkanes of at least 4 members (excludes halogenated alkanes) is 4. The van der Waals surface area contributed by atoms with Crippen molar-refractivity contribution < 1.29 is 14.8 Å². The van der Waals surface area contributed by atoms with Crippen molar-refractivity contribution in [3.05, 3.63) is 39.9 Å². The Hall–Kier alpha value is -2.11. The summed E-state index contributed by atoms with van der Waals surface area (Å²) < 4.78 is 0. The van der Waals surface area contributed by atoms with Crippen molar-refractivity contribution in [2.24, 2.45) is 0 Å². The largest absolute Gasteiger partial charge is 0.465 e. The smallest absolute Gasteiger partial charge is 0.404 e. The number of hydrogen-bond donors (Lipinski definition) is 2. The molecule has 0 aliphatic rings. The van der Waals surface area contributed by atoms with Crippen LogP contribution in [0.4, 0.5) is 10.5 Å². The number of carbonyl (C=O) groups is 1. The molecule has 22 heavy (non-hydrogen) atoms. The van der Waals surface area contributed by atoms with Gasteiger partial charge in [0.15, 0.2) is 0 Å². The maximum absolute atomic E-state index is 11.0. The lowest BCUT2D eigenvalue weighted by atomic mass is 9.99. The third kappa shape index (κ3) is 6.56. The van der Waals surface area contributed by atoms with Crippen molar-refractivity contribution in [1.29, 1.82) is 0 Å². The predicted molar refractivity (Wildman–Crippen MR) is 85.1 cm³/mol. The summed E-state index contributed by atoms with van der Waals surface area (Å²) in [6, 6.07) is 6.20. The Morgan fingerprint density at radius 2 is 1.95 bits per heavy atom. The minimum Gasteiger partial charge on any atom is -0.465 e. The van der Waals surface area contributed by atoms with Crippen LogP contribution in [0, 0.1) is 10.1 Å². The van der Waals surface area contributed by atoms with E-state index in [9.17, 15) is 14.9 Å². The number of rotatable bonds is 10. The second-order valence-electron chi connectivity index (χ2n) is 5.44. The molecule has 1 atom stereocenters. The van der Waals surface area contributed by atoms with Crippen LogP contribution in [0.2, 0.25) is 0 Å². The van der Waals surface area contributed by atoms with Crippen LogP contribution in [-0.4, -0.2) is 22.2 Å². The topological polar surface area (TPSA) is 92.5 Å². The maximum Gasteiger partial charge on any atom is 0.404 e. The molecule has 0 spiro atoms. The zero-order valence-electron chi connectivity index (χ0n) is 13.0. The third-order valence-electron chi connectivity index (χ3n) is 3.64. The van der Waals surface area contributed by atoms with Crippen molar-refractivity contribution in [3.8, 4) is 0 Å². The van der Waals surface area contributed by atoms with Crippen LogP contribution in [-0.2, 0) is 6.42 Å².